The predicted molar refractivity (Wildman–Crippen MR) is 55.7 cm³/mol. The highest BCUT2D eigenvalue weighted by Crippen LogP contribution is 2.25. The average molecular weight is 209 g/mol. The van der Waals surface area contributed by atoms with Crippen LogP contribution >= 0.6 is 11.3 Å². The first-order valence-electron chi connectivity index (χ1n) is 3.91. The van der Waals surface area contributed by atoms with Gasteiger partial charge in [-0.2, -0.15) is 0 Å². The van der Waals surface area contributed by atoms with Crippen molar-refractivity contribution in [3.05, 3.63) is 38.5 Å². The van der Waals surface area contributed by atoms with Crippen molar-refractivity contribution in [2.45, 2.75) is 6.92 Å². The summed E-state index contributed by atoms with van der Waals surface area (Å²) in [6, 6.07) is 1.72. The van der Waals surface area contributed by atoms with Gasteiger partial charge >= 0.3 is 11.4 Å². The molecule has 0 atom stereocenters. The number of aromatic amines is 1. The molecule has 2 aromatic heterocycles. The Kier molecular flexibility index (Phi) is 1.89. The minimum absolute atomic E-state index is 0.419. The van der Waals surface area contributed by atoms with E-state index in [1.165, 1.54) is 11.3 Å². The monoisotopic (exact) mass is 209 g/mol. The third-order valence-corrected chi connectivity index (χ3v) is 3.04. The Balaban J connectivity index is 2.90. The molecule has 4 nitrogen and oxygen atoms in total. The Morgan fingerprint density at radius 1 is 1.57 bits per heavy atom. The highest BCUT2D eigenvalue weighted by molar-refractivity contribution is 7.19. The van der Waals surface area contributed by atoms with Crippen LogP contribution in [0.4, 0.5) is 0 Å². The molecule has 0 saturated carbocycles. The van der Waals surface area contributed by atoms with Gasteiger partial charge in [0.05, 0.1) is 5.52 Å². The van der Waals surface area contributed by atoms with E-state index in [2.05, 4.69) is 16.0 Å². The van der Waals surface area contributed by atoms with Crippen LogP contribution in [0.5, 0.6) is 0 Å². The molecule has 0 aromatic carbocycles. The third-order valence-electron chi connectivity index (χ3n) is 1.76. The molecular weight excluding hydrogens is 202 g/mol. The Morgan fingerprint density at radius 3 is 2.93 bits per heavy atom. The van der Waals surface area contributed by atoms with Gasteiger partial charge in [0.25, 0.3) is 0 Å². The van der Waals surface area contributed by atoms with Gasteiger partial charge in [0.15, 0.2) is 0 Å². The van der Waals surface area contributed by atoms with Crippen LogP contribution in [0.1, 0.15) is 11.8 Å². The number of hydrogen-bond acceptors (Lipinski definition) is 4. The van der Waals surface area contributed by atoms with Crippen molar-refractivity contribution < 1.29 is 4.42 Å². The summed E-state index contributed by atoms with van der Waals surface area (Å²) >= 11 is 1.26. The van der Waals surface area contributed by atoms with E-state index < -0.39 is 11.4 Å². The molecule has 0 aliphatic carbocycles. The van der Waals surface area contributed by atoms with Crippen molar-refractivity contribution in [2.75, 3.05) is 0 Å². The van der Waals surface area contributed by atoms with Crippen molar-refractivity contribution in [1.29, 1.82) is 0 Å². The summed E-state index contributed by atoms with van der Waals surface area (Å²) in [5.41, 5.74) is 0.766. The molecular formula is C9H7NO3S. The van der Waals surface area contributed by atoms with Crippen LogP contribution in [-0.4, -0.2) is 4.98 Å². The molecule has 0 bridgehead atoms. The van der Waals surface area contributed by atoms with Gasteiger partial charge in [-0.1, -0.05) is 6.58 Å². The van der Waals surface area contributed by atoms with Gasteiger partial charge < -0.3 is 4.42 Å². The zero-order chi connectivity index (χ0) is 10.3. The molecule has 0 aliphatic rings. The number of allylic oxidation sites excluding steroid dienone is 1. The second-order valence-corrected chi connectivity index (χ2v) is 3.99. The molecule has 2 aromatic rings. The van der Waals surface area contributed by atoms with Crippen LogP contribution in [0.25, 0.3) is 15.8 Å². The number of thiophene rings is 1. The molecule has 0 amide bonds. The first-order valence-corrected chi connectivity index (χ1v) is 4.72. The number of rotatable bonds is 1. The predicted octanol–water partition coefficient (Wildman–Crippen LogP) is 1.58. The lowest BCUT2D eigenvalue weighted by atomic mass is 10.3. The van der Waals surface area contributed by atoms with Crippen molar-refractivity contribution in [3.63, 3.8) is 0 Å². The lowest BCUT2D eigenvalue weighted by Crippen LogP contribution is -2.12. The maximum atomic E-state index is 11.2. The maximum Gasteiger partial charge on any atom is 0.419 e. The van der Waals surface area contributed by atoms with Crippen LogP contribution < -0.4 is 11.4 Å². The average Bonchev–Trinajstić information content (AvgIpc) is 2.47. The van der Waals surface area contributed by atoms with Gasteiger partial charge in [-0.25, -0.2) is 9.59 Å². The van der Waals surface area contributed by atoms with E-state index in [0.717, 1.165) is 10.5 Å². The fourth-order valence-corrected chi connectivity index (χ4v) is 2.03. The molecule has 2 rings (SSSR count). The first kappa shape index (κ1) is 8.96. The van der Waals surface area contributed by atoms with Crippen LogP contribution in [0.3, 0.4) is 0 Å². The van der Waals surface area contributed by atoms with Gasteiger partial charge in [0.1, 0.15) is 4.70 Å². The van der Waals surface area contributed by atoms with Crippen LogP contribution in [-0.2, 0) is 0 Å². The van der Waals surface area contributed by atoms with Crippen molar-refractivity contribution in [1.82, 2.24) is 4.98 Å². The summed E-state index contributed by atoms with van der Waals surface area (Å²) in [5, 5.41) is 0. The van der Waals surface area contributed by atoms with Crippen molar-refractivity contribution >= 4 is 27.1 Å². The van der Waals surface area contributed by atoms with Crippen molar-refractivity contribution in [2.24, 2.45) is 0 Å². The number of aromatic nitrogens is 1. The van der Waals surface area contributed by atoms with E-state index in [1.54, 1.807) is 6.07 Å². The number of H-pyrrole nitrogens is 1. The zero-order valence-electron chi connectivity index (χ0n) is 7.42. The summed E-state index contributed by atoms with van der Waals surface area (Å²) in [7, 11) is 0. The Labute approximate surface area is 82.5 Å². The van der Waals surface area contributed by atoms with E-state index in [1.807, 2.05) is 6.92 Å². The summed E-state index contributed by atoms with van der Waals surface area (Å²) in [6.45, 7) is 5.60. The maximum absolute atomic E-state index is 11.2. The number of fused-ring (bicyclic) bond motifs is 1. The molecule has 0 aliphatic heterocycles. The lowest BCUT2D eigenvalue weighted by Gasteiger charge is -1.86. The standard InChI is InChI=1S/C9H7NO3S/c1-4(2)6-3-5-7(14-6)8(11)13-9(12)10-5/h3H,1H2,2H3,(H,10,12). The molecule has 0 saturated heterocycles. The summed E-state index contributed by atoms with van der Waals surface area (Å²) < 4.78 is 4.82. The summed E-state index contributed by atoms with van der Waals surface area (Å²) in [4.78, 5) is 25.4. The Morgan fingerprint density at radius 2 is 2.29 bits per heavy atom. The molecule has 0 unspecified atom stereocenters. The minimum Gasteiger partial charge on any atom is -0.372 e. The Bertz CT molecular complexity index is 617. The molecule has 2 heterocycles. The smallest absolute Gasteiger partial charge is 0.372 e. The fourth-order valence-electron chi connectivity index (χ4n) is 1.11. The zero-order valence-corrected chi connectivity index (χ0v) is 8.23. The fraction of sp³-hybridized carbons (Fsp3) is 0.111. The highest BCUT2D eigenvalue weighted by Gasteiger charge is 2.07. The van der Waals surface area contributed by atoms with Crippen molar-refractivity contribution in [3.8, 4) is 0 Å². The second kappa shape index (κ2) is 2.95. The van der Waals surface area contributed by atoms with E-state index in [4.69, 9.17) is 0 Å². The minimum atomic E-state index is -0.728. The van der Waals surface area contributed by atoms with E-state index in [-0.39, 0.29) is 0 Å². The van der Waals surface area contributed by atoms with Gasteiger partial charge in [-0.15, -0.1) is 11.3 Å². The summed E-state index contributed by atoms with van der Waals surface area (Å²) in [6.07, 6.45) is 0. The number of nitrogens with one attached hydrogen (secondary N) is 1. The molecule has 72 valence electrons. The molecule has 5 heteroatoms. The van der Waals surface area contributed by atoms with E-state index in [9.17, 15) is 9.59 Å². The molecule has 14 heavy (non-hydrogen) atoms. The molecule has 0 spiro atoms. The largest absolute Gasteiger partial charge is 0.419 e. The van der Waals surface area contributed by atoms with Gasteiger partial charge in [-0.05, 0) is 18.6 Å². The van der Waals surface area contributed by atoms with E-state index in [0.29, 0.717) is 10.2 Å². The van der Waals surface area contributed by atoms with Crippen LogP contribution in [0.15, 0.2) is 26.7 Å². The van der Waals surface area contributed by atoms with Gasteiger partial charge in [-0.3, -0.25) is 4.98 Å². The third kappa shape index (κ3) is 1.31. The van der Waals surface area contributed by atoms with Gasteiger partial charge in [0, 0.05) is 4.88 Å². The molecule has 0 fully saturated rings. The SMILES string of the molecule is C=C(C)c1cc2[nH]c(=O)oc(=O)c2s1. The summed E-state index contributed by atoms with van der Waals surface area (Å²) in [5.74, 6) is -0.728. The first-order chi connectivity index (χ1) is 6.58. The molecule has 0 radical (unpaired) electrons. The second-order valence-electron chi connectivity index (χ2n) is 2.94. The molecule has 1 N–H and O–H groups in total. The quantitative estimate of drug-likeness (QED) is 0.775. The highest BCUT2D eigenvalue weighted by atomic mass is 32.1. The van der Waals surface area contributed by atoms with E-state index >= 15 is 0 Å². The topological polar surface area (TPSA) is 63.1 Å². The van der Waals surface area contributed by atoms with Gasteiger partial charge in [0.2, 0.25) is 0 Å². The lowest BCUT2D eigenvalue weighted by molar-refractivity contribution is 0.461. The number of hydrogen-bond donors (Lipinski definition) is 1. The van der Waals surface area contributed by atoms with Crippen LogP contribution in [0, 0.1) is 0 Å². The van der Waals surface area contributed by atoms with Crippen LogP contribution in [0.2, 0.25) is 0 Å². The normalized spacial score (nSPS) is 10.6. The Hall–Kier alpha value is -1.62.